The van der Waals surface area contributed by atoms with Gasteiger partial charge in [0.05, 0.1) is 6.20 Å². The van der Waals surface area contributed by atoms with E-state index in [9.17, 15) is 9.90 Å². The molecule has 0 fully saturated rings. The maximum Gasteiger partial charge on any atom is 0.244 e. The highest BCUT2D eigenvalue weighted by atomic mass is 16.3. The van der Waals surface area contributed by atoms with Crippen LogP contribution in [0, 0.1) is 0 Å². The summed E-state index contributed by atoms with van der Waals surface area (Å²) in [7, 11) is 0. The fourth-order valence-corrected chi connectivity index (χ4v) is 1.74. The first-order valence-electron chi connectivity index (χ1n) is 6.70. The lowest BCUT2D eigenvalue weighted by molar-refractivity contribution is -0.124. The summed E-state index contributed by atoms with van der Waals surface area (Å²) in [5.74, 6) is -0.0897. The molecule has 0 saturated heterocycles. The van der Waals surface area contributed by atoms with Gasteiger partial charge in [-0.3, -0.25) is 4.79 Å². The first kappa shape index (κ1) is 15.6. The second kappa shape index (κ2) is 6.14. The lowest BCUT2D eigenvalue weighted by atomic mass is 10.1. The van der Waals surface area contributed by atoms with Crippen molar-refractivity contribution >= 4 is 5.91 Å². The Morgan fingerprint density at radius 3 is 2.63 bits per heavy atom. The van der Waals surface area contributed by atoms with Crippen LogP contribution in [-0.4, -0.2) is 32.0 Å². The SMILES string of the molecule is CCCC(C)NC(=O)C(C)n1cc(C(C)(C)O)nn1. The maximum atomic E-state index is 12.0. The fraction of sp³-hybridized carbons (Fsp3) is 0.769. The van der Waals surface area contributed by atoms with Gasteiger partial charge in [0.1, 0.15) is 17.3 Å². The molecule has 0 bridgehead atoms. The number of carbonyl (C=O) groups is 1. The van der Waals surface area contributed by atoms with Crippen molar-refractivity contribution in [2.75, 3.05) is 0 Å². The third-order valence-corrected chi connectivity index (χ3v) is 3.02. The molecule has 1 amide bonds. The van der Waals surface area contributed by atoms with E-state index in [-0.39, 0.29) is 11.9 Å². The molecular formula is C13H24N4O2. The van der Waals surface area contributed by atoms with Gasteiger partial charge >= 0.3 is 0 Å². The number of nitrogens with zero attached hydrogens (tertiary/aromatic N) is 3. The number of amides is 1. The van der Waals surface area contributed by atoms with E-state index in [2.05, 4.69) is 22.6 Å². The van der Waals surface area contributed by atoms with E-state index in [1.165, 1.54) is 4.68 Å². The molecule has 0 aliphatic rings. The van der Waals surface area contributed by atoms with Crippen LogP contribution in [0.4, 0.5) is 0 Å². The third-order valence-electron chi connectivity index (χ3n) is 3.02. The number of carbonyl (C=O) groups excluding carboxylic acids is 1. The van der Waals surface area contributed by atoms with Crippen LogP contribution < -0.4 is 5.32 Å². The second-order valence-corrected chi connectivity index (χ2v) is 5.52. The molecule has 1 aromatic rings. The Kier molecular flexibility index (Phi) is 5.05. The monoisotopic (exact) mass is 268 g/mol. The number of hydrogen-bond acceptors (Lipinski definition) is 4. The predicted molar refractivity (Wildman–Crippen MR) is 72.5 cm³/mol. The van der Waals surface area contributed by atoms with Gasteiger partial charge in [0, 0.05) is 6.04 Å². The van der Waals surface area contributed by atoms with Crippen LogP contribution >= 0.6 is 0 Å². The van der Waals surface area contributed by atoms with Crippen molar-refractivity contribution in [1.29, 1.82) is 0 Å². The van der Waals surface area contributed by atoms with E-state index >= 15 is 0 Å². The standard InChI is InChI=1S/C13H24N4O2/c1-6-7-9(2)14-12(18)10(3)17-8-11(15-16-17)13(4,5)19/h8-10,19H,6-7H2,1-5H3,(H,14,18). The molecule has 0 saturated carbocycles. The van der Waals surface area contributed by atoms with Gasteiger partial charge in [-0.2, -0.15) is 0 Å². The summed E-state index contributed by atoms with van der Waals surface area (Å²) in [6.45, 7) is 9.10. The Labute approximate surface area is 114 Å². The van der Waals surface area contributed by atoms with E-state index in [1.54, 1.807) is 27.0 Å². The minimum atomic E-state index is -1.05. The summed E-state index contributed by atoms with van der Waals surface area (Å²) in [5, 5.41) is 20.6. The highest BCUT2D eigenvalue weighted by molar-refractivity contribution is 5.79. The van der Waals surface area contributed by atoms with E-state index in [1.807, 2.05) is 6.92 Å². The van der Waals surface area contributed by atoms with Crippen LogP contribution in [-0.2, 0) is 10.4 Å². The zero-order valence-electron chi connectivity index (χ0n) is 12.3. The van der Waals surface area contributed by atoms with Crippen LogP contribution in [0.15, 0.2) is 6.20 Å². The highest BCUT2D eigenvalue weighted by Gasteiger charge is 2.23. The molecule has 6 heteroatoms. The van der Waals surface area contributed by atoms with Gasteiger partial charge < -0.3 is 10.4 Å². The zero-order valence-corrected chi connectivity index (χ0v) is 12.3. The minimum Gasteiger partial charge on any atom is -0.384 e. The molecule has 2 N–H and O–H groups in total. The summed E-state index contributed by atoms with van der Waals surface area (Å²) < 4.78 is 1.47. The van der Waals surface area contributed by atoms with Crippen molar-refractivity contribution < 1.29 is 9.90 Å². The summed E-state index contributed by atoms with van der Waals surface area (Å²) in [6.07, 6.45) is 3.58. The molecule has 0 aliphatic heterocycles. The molecule has 0 spiro atoms. The smallest absolute Gasteiger partial charge is 0.244 e. The Hall–Kier alpha value is -1.43. The normalized spacial score (nSPS) is 15.1. The average Bonchev–Trinajstić information content (AvgIpc) is 2.76. The largest absolute Gasteiger partial charge is 0.384 e. The number of rotatable bonds is 6. The zero-order chi connectivity index (χ0) is 14.6. The van der Waals surface area contributed by atoms with E-state index < -0.39 is 11.6 Å². The molecule has 108 valence electrons. The van der Waals surface area contributed by atoms with Crippen LogP contribution in [0.5, 0.6) is 0 Å². The van der Waals surface area contributed by atoms with Gasteiger partial charge in [-0.05, 0) is 34.1 Å². The molecule has 1 heterocycles. The molecule has 19 heavy (non-hydrogen) atoms. The first-order valence-corrected chi connectivity index (χ1v) is 6.70. The Morgan fingerprint density at radius 1 is 1.53 bits per heavy atom. The molecular weight excluding hydrogens is 244 g/mol. The topological polar surface area (TPSA) is 80.0 Å². The lowest BCUT2D eigenvalue weighted by Crippen LogP contribution is -2.37. The quantitative estimate of drug-likeness (QED) is 0.816. The minimum absolute atomic E-state index is 0.0897. The van der Waals surface area contributed by atoms with Crippen molar-refractivity contribution in [2.45, 2.75) is 65.1 Å². The highest BCUT2D eigenvalue weighted by Crippen LogP contribution is 2.17. The van der Waals surface area contributed by atoms with Gasteiger partial charge in [0.2, 0.25) is 5.91 Å². The van der Waals surface area contributed by atoms with E-state index in [0.29, 0.717) is 5.69 Å². The molecule has 0 radical (unpaired) electrons. The summed E-state index contributed by atoms with van der Waals surface area (Å²) >= 11 is 0. The Balaban J connectivity index is 2.69. The van der Waals surface area contributed by atoms with Gasteiger partial charge in [0.25, 0.3) is 0 Å². The molecule has 6 nitrogen and oxygen atoms in total. The third kappa shape index (κ3) is 4.31. The Bertz CT molecular complexity index is 423. The molecule has 0 aliphatic carbocycles. The van der Waals surface area contributed by atoms with Gasteiger partial charge in [-0.1, -0.05) is 18.6 Å². The number of aliphatic hydroxyl groups is 1. The number of nitrogens with one attached hydrogen (secondary N) is 1. The Morgan fingerprint density at radius 2 is 2.16 bits per heavy atom. The van der Waals surface area contributed by atoms with Gasteiger partial charge in [0.15, 0.2) is 0 Å². The second-order valence-electron chi connectivity index (χ2n) is 5.52. The van der Waals surface area contributed by atoms with Crippen molar-refractivity contribution in [1.82, 2.24) is 20.3 Å². The molecule has 0 aromatic carbocycles. The fourth-order valence-electron chi connectivity index (χ4n) is 1.74. The maximum absolute atomic E-state index is 12.0. The van der Waals surface area contributed by atoms with Crippen LogP contribution in [0.2, 0.25) is 0 Å². The number of hydrogen-bond donors (Lipinski definition) is 2. The van der Waals surface area contributed by atoms with Crippen molar-refractivity contribution in [3.63, 3.8) is 0 Å². The average molecular weight is 268 g/mol. The summed E-state index contributed by atoms with van der Waals surface area (Å²) in [6, 6.07) is -0.292. The number of aromatic nitrogens is 3. The van der Waals surface area contributed by atoms with Crippen molar-refractivity contribution in [3.8, 4) is 0 Å². The first-order chi connectivity index (χ1) is 8.75. The van der Waals surface area contributed by atoms with Crippen LogP contribution in [0.25, 0.3) is 0 Å². The molecule has 1 rings (SSSR count). The van der Waals surface area contributed by atoms with E-state index in [0.717, 1.165) is 12.8 Å². The van der Waals surface area contributed by atoms with Crippen molar-refractivity contribution in [2.24, 2.45) is 0 Å². The summed E-state index contributed by atoms with van der Waals surface area (Å²) in [4.78, 5) is 12.0. The van der Waals surface area contributed by atoms with Crippen LogP contribution in [0.1, 0.15) is 59.2 Å². The molecule has 1 aromatic heterocycles. The van der Waals surface area contributed by atoms with Crippen LogP contribution in [0.3, 0.4) is 0 Å². The van der Waals surface area contributed by atoms with Gasteiger partial charge in [-0.15, -0.1) is 5.10 Å². The van der Waals surface area contributed by atoms with E-state index in [4.69, 9.17) is 0 Å². The summed E-state index contributed by atoms with van der Waals surface area (Å²) in [5.41, 5.74) is -0.599. The van der Waals surface area contributed by atoms with Crippen molar-refractivity contribution in [3.05, 3.63) is 11.9 Å². The lowest BCUT2D eigenvalue weighted by Gasteiger charge is -2.17. The molecule has 2 atom stereocenters. The predicted octanol–water partition coefficient (Wildman–Crippen LogP) is 1.37. The van der Waals surface area contributed by atoms with Gasteiger partial charge in [-0.25, -0.2) is 4.68 Å². The molecule has 2 unspecified atom stereocenters.